The second-order valence-corrected chi connectivity index (χ2v) is 8.98. The standard InChI is InChI=1S/C29H26N4O4/c1-29(27(35)30-18-20-9-5-3-6-10-20)28(36)33-25(17-24(31-33)22-11-7-4-8-12-22)26(34)32(29)19-21-13-15-23(37-2)16-14-21/h3-17H,18-19H2,1-2H3,(H,30,35). The van der Waals surface area contributed by atoms with Gasteiger partial charge in [-0.3, -0.25) is 14.4 Å². The molecule has 1 unspecified atom stereocenters. The van der Waals surface area contributed by atoms with Crippen LogP contribution in [0, 0.1) is 0 Å². The van der Waals surface area contributed by atoms with Crippen molar-refractivity contribution in [2.24, 2.45) is 0 Å². The van der Waals surface area contributed by atoms with Gasteiger partial charge in [0.2, 0.25) is 5.54 Å². The van der Waals surface area contributed by atoms with Crippen LogP contribution in [0.15, 0.2) is 91.0 Å². The van der Waals surface area contributed by atoms with Gasteiger partial charge in [-0.1, -0.05) is 72.8 Å². The van der Waals surface area contributed by atoms with Crippen molar-refractivity contribution in [2.45, 2.75) is 25.6 Å². The molecule has 4 aromatic rings. The van der Waals surface area contributed by atoms with Crippen molar-refractivity contribution in [3.05, 3.63) is 108 Å². The molecular weight excluding hydrogens is 468 g/mol. The minimum atomic E-state index is -1.82. The van der Waals surface area contributed by atoms with Gasteiger partial charge in [0, 0.05) is 18.7 Å². The van der Waals surface area contributed by atoms with Crippen LogP contribution in [0.2, 0.25) is 0 Å². The average Bonchev–Trinajstić information content (AvgIpc) is 3.40. The Morgan fingerprint density at radius 2 is 1.57 bits per heavy atom. The van der Waals surface area contributed by atoms with Crippen LogP contribution in [0.25, 0.3) is 11.3 Å². The lowest BCUT2D eigenvalue weighted by atomic mass is 9.92. The molecule has 1 aliphatic heterocycles. The molecule has 186 valence electrons. The summed E-state index contributed by atoms with van der Waals surface area (Å²) in [7, 11) is 1.57. The second kappa shape index (κ2) is 9.73. The van der Waals surface area contributed by atoms with Crippen LogP contribution in [0.3, 0.4) is 0 Å². The Hall–Kier alpha value is -4.72. The number of carbonyl (C=O) groups excluding carboxylic acids is 3. The van der Waals surface area contributed by atoms with Crippen LogP contribution in [0.1, 0.15) is 33.3 Å². The largest absolute Gasteiger partial charge is 0.497 e. The topological polar surface area (TPSA) is 93.5 Å². The fourth-order valence-electron chi connectivity index (χ4n) is 4.41. The number of nitrogens with one attached hydrogen (secondary N) is 1. The highest BCUT2D eigenvalue weighted by atomic mass is 16.5. The predicted molar refractivity (Wildman–Crippen MR) is 138 cm³/mol. The first kappa shape index (κ1) is 24.0. The van der Waals surface area contributed by atoms with E-state index in [4.69, 9.17) is 4.74 Å². The Bertz CT molecular complexity index is 1450. The molecule has 0 spiro atoms. The number of nitrogens with zero attached hydrogens (tertiary/aromatic N) is 3. The maximum absolute atomic E-state index is 13.9. The number of hydrogen-bond donors (Lipinski definition) is 1. The molecule has 0 fully saturated rings. The van der Waals surface area contributed by atoms with Gasteiger partial charge in [0.25, 0.3) is 17.7 Å². The first-order valence-corrected chi connectivity index (χ1v) is 11.9. The van der Waals surface area contributed by atoms with Gasteiger partial charge in [0.05, 0.1) is 12.8 Å². The van der Waals surface area contributed by atoms with Crippen LogP contribution in [0.5, 0.6) is 5.75 Å². The van der Waals surface area contributed by atoms with E-state index in [9.17, 15) is 14.4 Å². The highest BCUT2D eigenvalue weighted by Crippen LogP contribution is 2.32. The van der Waals surface area contributed by atoms with Crippen molar-refractivity contribution in [3.8, 4) is 17.0 Å². The lowest BCUT2D eigenvalue weighted by molar-refractivity contribution is -0.129. The molecule has 0 saturated carbocycles. The van der Waals surface area contributed by atoms with Crippen LogP contribution < -0.4 is 10.1 Å². The number of amides is 2. The second-order valence-electron chi connectivity index (χ2n) is 8.98. The van der Waals surface area contributed by atoms with E-state index in [-0.39, 0.29) is 18.8 Å². The summed E-state index contributed by atoms with van der Waals surface area (Å²) in [6.07, 6.45) is 0. The maximum Gasteiger partial charge on any atom is 0.283 e. The van der Waals surface area contributed by atoms with Gasteiger partial charge in [0.1, 0.15) is 11.4 Å². The number of hydrogen-bond acceptors (Lipinski definition) is 5. The number of methoxy groups -OCH3 is 1. The summed E-state index contributed by atoms with van der Waals surface area (Å²) in [5.41, 5.74) is 1.17. The molecule has 1 aliphatic rings. The van der Waals surface area contributed by atoms with Crippen LogP contribution >= 0.6 is 0 Å². The fraction of sp³-hybridized carbons (Fsp3) is 0.172. The molecule has 5 rings (SSSR count). The van der Waals surface area contributed by atoms with E-state index >= 15 is 0 Å². The van der Waals surface area contributed by atoms with Gasteiger partial charge in [-0.2, -0.15) is 9.78 Å². The Morgan fingerprint density at radius 3 is 2.22 bits per heavy atom. The molecule has 1 N–H and O–H groups in total. The highest BCUT2D eigenvalue weighted by Gasteiger charge is 2.54. The third-order valence-electron chi connectivity index (χ3n) is 6.63. The first-order valence-electron chi connectivity index (χ1n) is 11.9. The molecular formula is C29H26N4O4. The molecule has 0 aliphatic carbocycles. The van der Waals surface area contributed by atoms with E-state index < -0.39 is 23.3 Å². The zero-order valence-corrected chi connectivity index (χ0v) is 20.5. The Balaban J connectivity index is 1.54. The predicted octanol–water partition coefficient (Wildman–Crippen LogP) is 3.93. The Labute approximate surface area is 214 Å². The van der Waals surface area contributed by atoms with Crippen molar-refractivity contribution in [1.29, 1.82) is 0 Å². The molecule has 1 aromatic heterocycles. The molecule has 2 amide bonds. The molecule has 8 heteroatoms. The summed E-state index contributed by atoms with van der Waals surface area (Å²) in [5.74, 6) is -0.963. The Kier molecular flexibility index (Phi) is 6.31. The zero-order valence-electron chi connectivity index (χ0n) is 20.5. The quantitative estimate of drug-likeness (QED) is 0.393. The molecule has 37 heavy (non-hydrogen) atoms. The lowest BCUT2D eigenvalue weighted by Crippen LogP contribution is -2.67. The van der Waals surface area contributed by atoms with Crippen molar-refractivity contribution < 1.29 is 19.1 Å². The van der Waals surface area contributed by atoms with E-state index in [2.05, 4.69) is 10.4 Å². The van der Waals surface area contributed by atoms with E-state index in [1.54, 1.807) is 37.4 Å². The number of aromatic nitrogens is 2. The summed E-state index contributed by atoms with van der Waals surface area (Å²) < 4.78 is 6.30. The van der Waals surface area contributed by atoms with Gasteiger partial charge in [-0.25, -0.2) is 0 Å². The molecule has 0 bridgehead atoms. The van der Waals surface area contributed by atoms with Crippen molar-refractivity contribution >= 4 is 17.7 Å². The summed E-state index contributed by atoms with van der Waals surface area (Å²) in [6.45, 7) is 1.74. The van der Waals surface area contributed by atoms with Crippen LogP contribution in [-0.2, 0) is 17.9 Å². The van der Waals surface area contributed by atoms with Crippen molar-refractivity contribution in [2.75, 3.05) is 7.11 Å². The van der Waals surface area contributed by atoms with Gasteiger partial charge in [-0.05, 0) is 36.2 Å². The number of benzene rings is 3. The monoisotopic (exact) mass is 494 g/mol. The van der Waals surface area contributed by atoms with Crippen molar-refractivity contribution in [1.82, 2.24) is 20.0 Å². The summed E-state index contributed by atoms with van der Waals surface area (Å²) in [4.78, 5) is 42.7. The van der Waals surface area contributed by atoms with Crippen LogP contribution in [0.4, 0.5) is 0 Å². The van der Waals surface area contributed by atoms with Gasteiger partial charge >= 0.3 is 0 Å². The molecule has 2 heterocycles. The zero-order chi connectivity index (χ0) is 26.0. The summed E-state index contributed by atoms with van der Waals surface area (Å²) in [6, 6.07) is 27.4. The van der Waals surface area contributed by atoms with E-state index in [0.29, 0.717) is 11.4 Å². The van der Waals surface area contributed by atoms with Gasteiger partial charge in [0.15, 0.2) is 0 Å². The van der Waals surface area contributed by atoms with Gasteiger partial charge in [-0.15, -0.1) is 0 Å². The van der Waals surface area contributed by atoms with E-state index in [1.165, 1.54) is 11.8 Å². The van der Waals surface area contributed by atoms with E-state index in [0.717, 1.165) is 21.4 Å². The normalized spacial score (nSPS) is 16.9. The third-order valence-corrected chi connectivity index (χ3v) is 6.63. The number of rotatable bonds is 7. The molecule has 0 radical (unpaired) electrons. The molecule has 1 atom stereocenters. The SMILES string of the molecule is COc1ccc(CN2C(=O)c3cc(-c4ccccc4)nn3C(=O)C2(C)C(=O)NCc2ccccc2)cc1. The first-order chi connectivity index (χ1) is 17.9. The van der Waals surface area contributed by atoms with E-state index in [1.807, 2.05) is 60.7 Å². The number of fused-ring (bicyclic) bond motifs is 1. The van der Waals surface area contributed by atoms with Gasteiger partial charge < -0.3 is 15.0 Å². The number of ether oxygens (including phenoxy) is 1. The third kappa shape index (κ3) is 4.38. The van der Waals surface area contributed by atoms with Crippen LogP contribution in [-0.4, -0.2) is 45.1 Å². The fourth-order valence-corrected chi connectivity index (χ4v) is 4.41. The number of carbonyl (C=O) groups is 3. The average molecular weight is 495 g/mol. The summed E-state index contributed by atoms with van der Waals surface area (Å²) >= 11 is 0. The maximum atomic E-state index is 13.9. The highest BCUT2D eigenvalue weighted by molar-refractivity contribution is 6.17. The minimum Gasteiger partial charge on any atom is -0.497 e. The Morgan fingerprint density at radius 1 is 0.919 bits per heavy atom. The summed E-state index contributed by atoms with van der Waals surface area (Å²) in [5, 5.41) is 7.28. The van der Waals surface area contributed by atoms with Crippen molar-refractivity contribution in [3.63, 3.8) is 0 Å². The smallest absolute Gasteiger partial charge is 0.283 e. The molecule has 3 aromatic carbocycles. The molecule has 0 saturated heterocycles. The minimum absolute atomic E-state index is 0.0513. The lowest BCUT2D eigenvalue weighted by Gasteiger charge is -2.41. The molecule has 8 nitrogen and oxygen atoms in total.